The molecular weight excluding hydrogens is 256 g/mol. The van der Waals surface area contributed by atoms with E-state index in [2.05, 4.69) is 5.32 Å². The number of anilines is 1. The Bertz CT molecular complexity index is 528. The Kier molecular flexibility index (Phi) is 4.69. The van der Waals surface area contributed by atoms with Crippen LogP contribution in [0.4, 0.5) is 5.69 Å². The van der Waals surface area contributed by atoms with E-state index < -0.39 is 22.0 Å². The van der Waals surface area contributed by atoms with Crippen LogP contribution in [0.3, 0.4) is 0 Å². The van der Waals surface area contributed by atoms with Gasteiger partial charge in [0, 0.05) is 0 Å². The van der Waals surface area contributed by atoms with Crippen molar-refractivity contribution in [2.24, 2.45) is 5.14 Å². The molecule has 1 atom stereocenters. The molecule has 0 aliphatic rings. The van der Waals surface area contributed by atoms with E-state index in [-0.39, 0.29) is 17.2 Å². The van der Waals surface area contributed by atoms with Crippen LogP contribution in [0, 0.1) is 0 Å². The highest BCUT2D eigenvalue weighted by Gasteiger charge is 2.18. The maximum Gasteiger partial charge on any atom is 0.328 e. The van der Waals surface area contributed by atoms with Crippen LogP contribution in [-0.2, 0) is 19.6 Å². The first-order valence-electron chi connectivity index (χ1n) is 5.41. The van der Waals surface area contributed by atoms with Crippen molar-refractivity contribution in [1.29, 1.82) is 0 Å². The molecule has 0 aliphatic heterocycles. The number of benzene rings is 1. The maximum atomic E-state index is 11.4. The number of carbonyl (C=O) groups is 1. The molecule has 1 rings (SSSR count). The van der Waals surface area contributed by atoms with Gasteiger partial charge in [0.15, 0.2) is 0 Å². The Labute approximate surface area is 106 Å². The van der Waals surface area contributed by atoms with Gasteiger partial charge < -0.3 is 10.1 Å². The van der Waals surface area contributed by atoms with E-state index in [1.807, 2.05) is 0 Å². The second kappa shape index (κ2) is 5.83. The van der Waals surface area contributed by atoms with Gasteiger partial charge in [-0.05, 0) is 26.0 Å². The van der Waals surface area contributed by atoms with E-state index in [1.165, 1.54) is 12.1 Å². The molecule has 0 aromatic heterocycles. The average molecular weight is 272 g/mol. The number of carbonyl (C=O) groups excluding carboxylic acids is 1. The van der Waals surface area contributed by atoms with Crippen molar-refractivity contribution in [3.63, 3.8) is 0 Å². The molecule has 0 bridgehead atoms. The number of hydrogen-bond donors (Lipinski definition) is 2. The molecular formula is C11H16N2O4S. The summed E-state index contributed by atoms with van der Waals surface area (Å²) in [6.07, 6.45) is 0. The van der Waals surface area contributed by atoms with E-state index in [4.69, 9.17) is 9.88 Å². The summed E-state index contributed by atoms with van der Waals surface area (Å²) < 4.78 is 27.5. The minimum absolute atomic E-state index is 0.0545. The first kappa shape index (κ1) is 14.5. The van der Waals surface area contributed by atoms with Crippen molar-refractivity contribution in [3.05, 3.63) is 24.3 Å². The van der Waals surface area contributed by atoms with Gasteiger partial charge in [-0.25, -0.2) is 18.4 Å². The smallest absolute Gasteiger partial charge is 0.328 e. The normalized spacial score (nSPS) is 12.8. The lowest BCUT2D eigenvalue weighted by molar-refractivity contribution is -0.143. The second-order valence-electron chi connectivity index (χ2n) is 3.66. The SMILES string of the molecule is CCOC(=O)C(C)Nc1ccccc1S(N)(=O)=O. The van der Waals surface area contributed by atoms with Crippen LogP contribution < -0.4 is 10.5 Å². The van der Waals surface area contributed by atoms with E-state index >= 15 is 0 Å². The van der Waals surface area contributed by atoms with Gasteiger partial charge in [-0.2, -0.15) is 0 Å². The molecule has 1 unspecified atom stereocenters. The molecule has 1 aromatic rings. The Morgan fingerprint density at radius 1 is 1.44 bits per heavy atom. The van der Waals surface area contributed by atoms with Gasteiger partial charge in [-0.15, -0.1) is 0 Å². The molecule has 6 nitrogen and oxygen atoms in total. The zero-order chi connectivity index (χ0) is 13.8. The third-order valence-electron chi connectivity index (χ3n) is 2.21. The predicted molar refractivity (Wildman–Crippen MR) is 67.5 cm³/mol. The molecule has 100 valence electrons. The van der Waals surface area contributed by atoms with Crippen molar-refractivity contribution in [2.75, 3.05) is 11.9 Å². The van der Waals surface area contributed by atoms with Crippen molar-refractivity contribution < 1.29 is 17.9 Å². The van der Waals surface area contributed by atoms with Crippen molar-refractivity contribution in [2.45, 2.75) is 24.8 Å². The van der Waals surface area contributed by atoms with Crippen molar-refractivity contribution in [1.82, 2.24) is 0 Å². The predicted octanol–water partition coefficient (Wildman–Crippen LogP) is 0.698. The molecule has 0 saturated heterocycles. The molecule has 1 aromatic carbocycles. The molecule has 0 aliphatic carbocycles. The summed E-state index contributed by atoms with van der Waals surface area (Å²) in [4.78, 5) is 11.4. The van der Waals surface area contributed by atoms with Gasteiger partial charge in [0.25, 0.3) is 0 Å². The molecule has 0 fully saturated rings. The van der Waals surface area contributed by atoms with Gasteiger partial charge in [-0.3, -0.25) is 0 Å². The first-order chi connectivity index (χ1) is 8.36. The Morgan fingerprint density at radius 2 is 2.06 bits per heavy atom. The van der Waals surface area contributed by atoms with Gasteiger partial charge in [-0.1, -0.05) is 12.1 Å². The van der Waals surface area contributed by atoms with Crippen LogP contribution in [0.25, 0.3) is 0 Å². The van der Waals surface area contributed by atoms with Crippen LogP contribution in [0.5, 0.6) is 0 Å². The van der Waals surface area contributed by atoms with E-state index in [9.17, 15) is 13.2 Å². The summed E-state index contributed by atoms with van der Waals surface area (Å²) in [6.45, 7) is 3.54. The molecule has 7 heteroatoms. The topological polar surface area (TPSA) is 98.5 Å². The maximum absolute atomic E-state index is 11.4. The fourth-order valence-electron chi connectivity index (χ4n) is 1.39. The zero-order valence-corrected chi connectivity index (χ0v) is 11.0. The van der Waals surface area contributed by atoms with Crippen LogP contribution >= 0.6 is 0 Å². The fraction of sp³-hybridized carbons (Fsp3) is 0.364. The van der Waals surface area contributed by atoms with Gasteiger partial charge >= 0.3 is 5.97 Å². The molecule has 0 spiro atoms. The number of nitrogens with two attached hydrogens (primary N) is 1. The van der Waals surface area contributed by atoms with Crippen molar-refractivity contribution in [3.8, 4) is 0 Å². The number of nitrogens with one attached hydrogen (secondary N) is 1. The number of para-hydroxylation sites is 1. The quantitative estimate of drug-likeness (QED) is 0.769. The third kappa shape index (κ3) is 3.71. The standard InChI is InChI=1S/C11H16N2O4S/c1-3-17-11(14)8(2)13-9-6-4-5-7-10(9)18(12,15)16/h4-8,13H,3H2,1-2H3,(H2,12,15,16). The highest BCUT2D eigenvalue weighted by atomic mass is 32.2. The summed E-state index contributed by atoms with van der Waals surface area (Å²) >= 11 is 0. The lowest BCUT2D eigenvalue weighted by Gasteiger charge is -2.15. The van der Waals surface area contributed by atoms with Crippen LogP contribution in [0.2, 0.25) is 0 Å². The van der Waals surface area contributed by atoms with Crippen molar-refractivity contribution >= 4 is 21.7 Å². The summed E-state index contributed by atoms with van der Waals surface area (Å²) in [5, 5.41) is 7.85. The molecule has 0 radical (unpaired) electrons. The number of esters is 1. The summed E-state index contributed by atoms with van der Waals surface area (Å²) in [5.74, 6) is -0.457. The highest BCUT2D eigenvalue weighted by Crippen LogP contribution is 2.20. The fourth-order valence-corrected chi connectivity index (χ4v) is 2.10. The molecule has 3 N–H and O–H groups in total. The molecule has 18 heavy (non-hydrogen) atoms. The summed E-state index contributed by atoms with van der Waals surface area (Å²) in [6, 6.07) is 5.45. The van der Waals surface area contributed by atoms with Crippen LogP contribution in [0.1, 0.15) is 13.8 Å². The summed E-state index contributed by atoms with van der Waals surface area (Å²) in [7, 11) is -3.83. The van der Waals surface area contributed by atoms with E-state index in [1.54, 1.807) is 26.0 Å². The van der Waals surface area contributed by atoms with E-state index in [0.717, 1.165) is 0 Å². The van der Waals surface area contributed by atoms with Gasteiger partial charge in [0.05, 0.1) is 12.3 Å². The molecule has 0 saturated carbocycles. The average Bonchev–Trinajstić information content (AvgIpc) is 2.28. The highest BCUT2D eigenvalue weighted by molar-refractivity contribution is 7.89. The number of hydrogen-bond acceptors (Lipinski definition) is 5. The Hall–Kier alpha value is -1.60. The summed E-state index contributed by atoms with van der Waals surface area (Å²) in [5.41, 5.74) is 0.278. The minimum atomic E-state index is -3.83. The number of primary sulfonamides is 1. The molecule has 0 amide bonds. The van der Waals surface area contributed by atoms with Gasteiger partial charge in [0.1, 0.15) is 10.9 Å². The monoisotopic (exact) mass is 272 g/mol. The number of sulfonamides is 1. The Balaban J connectivity index is 2.95. The van der Waals surface area contributed by atoms with Gasteiger partial charge in [0.2, 0.25) is 10.0 Å². The molecule has 0 heterocycles. The first-order valence-corrected chi connectivity index (χ1v) is 6.96. The lowest BCUT2D eigenvalue weighted by Crippen LogP contribution is -2.29. The second-order valence-corrected chi connectivity index (χ2v) is 5.19. The zero-order valence-electron chi connectivity index (χ0n) is 10.2. The largest absolute Gasteiger partial charge is 0.464 e. The number of ether oxygens (including phenoxy) is 1. The minimum Gasteiger partial charge on any atom is -0.464 e. The van der Waals surface area contributed by atoms with Crippen LogP contribution in [-0.4, -0.2) is 27.0 Å². The number of rotatable bonds is 5. The third-order valence-corrected chi connectivity index (χ3v) is 3.17. The van der Waals surface area contributed by atoms with E-state index in [0.29, 0.717) is 0 Å². The Morgan fingerprint density at radius 3 is 2.61 bits per heavy atom. The van der Waals surface area contributed by atoms with Crippen LogP contribution in [0.15, 0.2) is 29.2 Å². The lowest BCUT2D eigenvalue weighted by atomic mass is 10.2.